The maximum atomic E-state index is 13.1. The topological polar surface area (TPSA) is 66.5 Å². The first-order chi connectivity index (χ1) is 12.3. The van der Waals surface area contributed by atoms with E-state index in [2.05, 4.69) is 5.32 Å². The molecule has 0 radical (unpaired) electrons. The Bertz CT molecular complexity index is 937. The minimum Gasteiger partial charge on any atom is -0.322 e. The predicted molar refractivity (Wildman–Crippen MR) is 96.2 cm³/mol. The molecule has 0 bridgehead atoms. The molecule has 3 rings (SSSR count). The molecule has 8 heteroatoms. The lowest BCUT2D eigenvalue weighted by Gasteiger charge is -2.16. The van der Waals surface area contributed by atoms with Gasteiger partial charge in [-0.05, 0) is 42.3 Å². The number of rotatable bonds is 4. The van der Waals surface area contributed by atoms with Crippen molar-refractivity contribution in [3.8, 4) is 0 Å². The van der Waals surface area contributed by atoms with E-state index >= 15 is 0 Å². The fraction of sp³-hybridized carbons (Fsp3) is 0.167. The van der Waals surface area contributed by atoms with Crippen molar-refractivity contribution in [2.75, 3.05) is 21.9 Å². The molecule has 0 saturated carbocycles. The van der Waals surface area contributed by atoms with Gasteiger partial charge in [0.1, 0.15) is 11.6 Å². The number of carbonyl (C=O) groups is 1. The maximum Gasteiger partial charge on any atom is 0.248 e. The molecule has 0 spiro atoms. The first kappa shape index (κ1) is 18.1. The van der Waals surface area contributed by atoms with Crippen LogP contribution in [0.5, 0.6) is 0 Å². The van der Waals surface area contributed by atoms with Gasteiger partial charge in [-0.15, -0.1) is 0 Å². The van der Waals surface area contributed by atoms with Gasteiger partial charge >= 0.3 is 0 Å². The number of anilines is 2. The van der Waals surface area contributed by atoms with Crippen molar-refractivity contribution < 1.29 is 22.0 Å². The van der Waals surface area contributed by atoms with Crippen LogP contribution < -0.4 is 9.62 Å². The van der Waals surface area contributed by atoms with E-state index in [1.165, 1.54) is 16.5 Å². The summed E-state index contributed by atoms with van der Waals surface area (Å²) in [5.74, 6) is -1.95. The van der Waals surface area contributed by atoms with Crippen LogP contribution in [0.1, 0.15) is 12.0 Å². The van der Waals surface area contributed by atoms with Gasteiger partial charge in [0.25, 0.3) is 0 Å². The SMILES string of the molecule is O=C(/C=C/c1ccc(N2CCCS2(=O)=O)cc1)Nc1cc(F)cc(F)c1. The lowest BCUT2D eigenvalue weighted by atomic mass is 10.2. The second-order valence-electron chi connectivity index (χ2n) is 5.81. The lowest BCUT2D eigenvalue weighted by Crippen LogP contribution is -2.24. The molecule has 136 valence electrons. The zero-order valence-corrected chi connectivity index (χ0v) is 14.5. The van der Waals surface area contributed by atoms with E-state index in [0.29, 0.717) is 30.3 Å². The summed E-state index contributed by atoms with van der Waals surface area (Å²) >= 11 is 0. The number of benzene rings is 2. The Balaban J connectivity index is 1.66. The number of halogens is 2. The third kappa shape index (κ3) is 4.26. The number of carbonyl (C=O) groups excluding carboxylic acids is 1. The third-order valence-corrected chi connectivity index (χ3v) is 5.71. The molecule has 1 aliphatic heterocycles. The fourth-order valence-electron chi connectivity index (χ4n) is 2.66. The summed E-state index contributed by atoms with van der Waals surface area (Å²) in [6.45, 7) is 0.462. The Hall–Kier alpha value is -2.74. The van der Waals surface area contributed by atoms with Crippen molar-refractivity contribution in [1.29, 1.82) is 0 Å². The molecule has 1 saturated heterocycles. The summed E-state index contributed by atoms with van der Waals surface area (Å²) in [5.41, 5.74) is 1.29. The molecule has 0 aliphatic carbocycles. The number of amides is 1. The number of nitrogens with one attached hydrogen (secondary N) is 1. The summed E-state index contributed by atoms with van der Waals surface area (Å²) in [7, 11) is -3.23. The second-order valence-corrected chi connectivity index (χ2v) is 7.83. The molecule has 1 heterocycles. The van der Waals surface area contributed by atoms with Gasteiger partial charge in [-0.25, -0.2) is 17.2 Å². The van der Waals surface area contributed by atoms with Crippen LogP contribution in [0.2, 0.25) is 0 Å². The average Bonchev–Trinajstić information content (AvgIpc) is 2.92. The molecule has 26 heavy (non-hydrogen) atoms. The summed E-state index contributed by atoms with van der Waals surface area (Å²) in [5, 5.41) is 2.37. The first-order valence-corrected chi connectivity index (χ1v) is 9.50. The fourth-order valence-corrected chi connectivity index (χ4v) is 4.23. The minimum absolute atomic E-state index is 0.0201. The smallest absolute Gasteiger partial charge is 0.248 e. The average molecular weight is 378 g/mol. The van der Waals surface area contributed by atoms with E-state index in [1.54, 1.807) is 24.3 Å². The lowest BCUT2D eigenvalue weighted by molar-refractivity contribution is -0.111. The van der Waals surface area contributed by atoms with Gasteiger partial charge in [0, 0.05) is 24.4 Å². The standard InChI is InChI=1S/C18H16F2N2O3S/c19-14-10-15(20)12-16(11-14)21-18(23)7-4-13-2-5-17(6-3-13)22-8-1-9-26(22,24)25/h2-7,10-12H,1,8-9H2,(H,21,23)/b7-4+. The van der Waals surface area contributed by atoms with Crippen LogP contribution in [0, 0.1) is 11.6 Å². The third-order valence-electron chi connectivity index (χ3n) is 3.84. The van der Waals surface area contributed by atoms with Crippen LogP contribution in [0.25, 0.3) is 6.08 Å². The van der Waals surface area contributed by atoms with Crippen LogP contribution in [-0.2, 0) is 14.8 Å². The predicted octanol–water partition coefficient (Wildman–Crippen LogP) is 3.16. The molecule has 0 aromatic heterocycles. The van der Waals surface area contributed by atoms with Crippen molar-refractivity contribution >= 4 is 33.4 Å². The van der Waals surface area contributed by atoms with Gasteiger partial charge in [0.15, 0.2) is 0 Å². The zero-order chi connectivity index (χ0) is 18.7. The number of nitrogens with zero attached hydrogens (tertiary/aromatic N) is 1. The van der Waals surface area contributed by atoms with Gasteiger partial charge in [0.2, 0.25) is 15.9 Å². The van der Waals surface area contributed by atoms with E-state index in [1.807, 2.05) is 0 Å². The number of sulfonamides is 1. The number of hydrogen-bond donors (Lipinski definition) is 1. The van der Waals surface area contributed by atoms with E-state index < -0.39 is 27.6 Å². The van der Waals surface area contributed by atoms with Crippen molar-refractivity contribution in [2.45, 2.75) is 6.42 Å². The highest BCUT2D eigenvalue weighted by atomic mass is 32.2. The van der Waals surface area contributed by atoms with Crippen LogP contribution in [-0.4, -0.2) is 26.6 Å². The Labute approximate surface area is 150 Å². The van der Waals surface area contributed by atoms with E-state index in [0.717, 1.165) is 12.1 Å². The molecule has 1 N–H and O–H groups in total. The molecule has 1 aliphatic rings. The van der Waals surface area contributed by atoms with E-state index in [-0.39, 0.29) is 11.4 Å². The number of hydrogen-bond acceptors (Lipinski definition) is 3. The van der Waals surface area contributed by atoms with Gasteiger partial charge in [0.05, 0.1) is 11.4 Å². The van der Waals surface area contributed by atoms with Crippen LogP contribution in [0.15, 0.2) is 48.5 Å². The maximum absolute atomic E-state index is 13.1. The monoisotopic (exact) mass is 378 g/mol. The molecule has 5 nitrogen and oxygen atoms in total. The normalized spacial score (nSPS) is 16.2. The van der Waals surface area contributed by atoms with E-state index in [9.17, 15) is 22.0 Å². The highest BCUT2D eigenvalue weighted by molar-refractivity contribution is 7.93. The van der Waals surface area contributed by atoms with Gasteiger partial charge in [-0.1, -0.05) is 12.1 Å². The molecular formula is C18H16F2N2O3S. The highest BCUT2D eigenvalue weighted by Gasteiger charge is 2.28. The van der Waals surface area contributed by atoms with Gasteiger partial charge < -0.3 is 5.32 Å². The summed E-state index contributed by atoms with van der Waals surface area (Å²) in [6, 6.07) is 9.46. The van der Waals surface area contributed by atoms with Crippen molar-refractivity contribution in [3.63, 3.8) is 0 Å². The molecule has 1 amide bonds. The van der Waals surface area contributed by atoms with Crippen molar-refractivity contribution in [3.05, 3.63) is 65.7 Å². The molecule has 1 fully saturated rings. The van der Waals surface area contributed by atoms with Crippen LogP contribution >= 0.6 is 0 Å². The first-order valence-electron chi connectivity index (χ1n) is 7.89. The second kappa shape index (κ2) is 7.25. The Morgan fingerprint density at radius 3 is 2.31 bits per heavy atom. The van der Waals surface area contributed by atoms with Crippen molar-refractivity contribution in [2.24, 2.45) is 0 Å². The Kier molecular flexibility index (Phi) is 5.03. The van der Waals surface area contributed by atoms with Crippen molar-refractivity contribution in [1.82, 2.24) is 0 Å². The molecule has 0 atom stereocenters. The summed E-state index contributed by atoms with van der Waals surface area (Å²) in [6.07, 6.45) is 3.35. The largest absolute Gasteiger partial charge is 0.322 e. The zero-order valence-electron chi connectivity index (χ0n) is 13.7. The highest BCUT2D eigenvalue weighted by Crippen LogP contribution is 2.24. The summed E-state index contributed by atoms with van der Waals surface area (Å²) in [4.78, 5) is 11.8. The van der Waals surface area contributed by atoms with Crippen LogP contribution in [0.3, 0.4) is 0 Å². The Morgan fingerprint density at radius 2 is 1.73 bits per heavy atom. The van der Waals surface area contributed by atoms with E-state index in [4.69, 9.17) is 0 Å². The molecule has 0 unspecified atom stereocenters. The quantitative estimate of drug-likeness (QED) is 0.831. The molecule has 2 aromatic rings. The molecular weight excluding hydrogens is 362 g/mol. The summed E-state index contributed by atoms with van der Waals surface area (Å²) < 4.78 is 51.3. The minimum atomic E-state index is -3.23. The van der Waals surface area contributed by atoms with Crippen LogP contribution in [0.4, 0.5) is 20.2 Å². The van der Waals surface area contributed by atoms with Gasteiger partial charge in [-0.2, -0.15) is 0 Å². The Morgan fingerprint density at radius 1 is 1.08 bits per heavy atom. The molecule has 2 aromatic carbocycles. The van der Waals surface area contributed by atoms with Gasteiger partial charge in [-0.3, -0.25) is 9.10 Å².